The number of amides is 1. The van der Waals surface area contributed by atoms with Crippen molar-refractivity contribution in [2.45, 2.75) is 38.3 Å². The summed E-state index contributed by atoms with van der Waals surface area (Å²) in [4.78, 5) is 15.1. The normalized spacial score (nSPS) is 21.2. The van der Waals surface area contributed by atoms with E-state index in [1.54, 1.807) is 0 Å². The molecule has 4 nitrogen and oxygen atoms in total. The van der Waals surface area contributed by atoms with Crippen LogP contribution in [0.1, 0.15) is 32.8 Å². The van der Waals surface area contributed by atoms with Gasteiger partial charge in [0.1, 0.15) is 5.54 Å². The highest BCUT2D eigenvalue weighted by molar-refractivity contribution is 5.91. The SMILES string of the molecule is CC1(N(O)c2ccccc2)CCN(C(C)(C)c2ccccc2)C1=O. The zero-order valence-corrected chi connectivity index (χ0v) is 14.4. The maximum absolute atomic E-state index is 13.2. The summed E-state index contributed by atoms with van der Waals surface area (Å²) < 4.78 is 0. The minimum absolute atomic E-state index is 0.0530. The number of rotatable bonds is 4. The first-order valence-electron chi connectivity index (χ1n) is 8.29. The van der Waals surface area contributed by atoms with Crippen LogP contribution in [-0.2, 0) is 10.3 Å². The summed E-state index contributed by atoms with van der Waals surface area (Å²) in [6.07, 6.45) is 0.577. The Balaban J connectivity index is 1.89. The zero-order valence-electron chi connectivity index (χ0n) is 14.4. The van der Waals surface area contributed by atoms with E-state index in [9.17, 15) is 10.0 Å². The van der Waals surface area contributed by atoms with Crippen molar-refractivity contribution in [3.05, 3.63) is 66.2 Å². The minimum Gasteiger partial charge on any atom is -0.331 e. The summed E-state index contributed by atoms with van der Waals surface area (Å²) in [7, 11) is 0. The van der Waals surface area contributed by atoms with Gasteiger partial charge in [0.2, 0.25) is 0 Å². The van der Waals surface area contributed by atoms with Gasteiger partial charge >= 0.3 is 0 Å². The Hall–Kier alpha value is -2.33. The third-order valence-electron chi connectivity index (χ3n) is 5.15. The van der Waals surface area contributed by atoms with E-state index >= 15 is 0 Å². The highest BCUT2D eigenvalue weighted by atomic mass is 16.5. The Morgan fingerprint density at radius 1 is 1.04 bits per heavy atom. The third-order valence-corrected chi connectivity index (χ3v) is 5.15. The van der Waals surface area contributed by atoms with Gasteiger partial charge in [0.05, 0.1) is 11.2 Å². The molecule has 1 aliphatic rings. The van der Waals surface area contributed by atoms with Crippen molar-refractivity contribution in [3.8, 4) is 0 Å². The van der Waals surface area contributed by atoms with Crippen LogP contribution in [0, 0.1) is 0 Å². The fourth-order valence-corrected chi connectivity index (χ4v) is 3.41. The van der Waals surface area contributed by atoms with Crippen LogP contribution in [0.25, 0.3) is 0 Å². The van der Waals surface area contributed by atoms with Crippen LogP contribution in [-0.4, -0.2) is 28.1 Å². The summed E-state index contributed by atoms with van der Waals surface area (Å²) in [6.45, 7) is 6.52. The number of benzene rings is 2. The molecular weight excluding hydrogens is 300 g/mol. The Bertz CT molecular complexity index is 715. The van der Waals surface area contributed by atoms with Crippen LogP contribution in [0.15, 0.2) is 60.7 Å². The molecule has 24 heavy (non-hydrogen) atoms. The molecule has 0 radical (unpaired) electrons. The summed E-state index contributed by atoms with van der Waals surface area (Å²) >= 11 is 0. The molecule has 1 unspecified atom stereocenters. The Morgan fingerprint density at radius 3 is 2.17 bits per heavy atom. The van der Waals surface area contributed by atoms with E-state index in [0.717, 1.165) is 10.6 Å². The number of hydrogen-bond acceptors (Lipinski definition) is 3. The molecule has 1 amide bonds. The first-order chi connectivity index (χ1) is 11.4. The second kappa shape index (κ2) is 5.95. The summed E-state index contributed by atoms with van der Waals surface area (Å²) in [5.74, 6) is -0.0530. The van der Waals surface area contributed by atoms with E-state index in [1.807, 2.05) is 72.5 Å². The van der Waals surface area contributed by atoms with Crippen LogP contribution in [0.2, 0.25) is 0 Å². The van der Waals surface area contributed by atoms with Crippen molar-refractivity contribution in [2.75, 3.05) is 11.6 Å². The number of hydrogen-bond donors (Lipinski definition) is 1. The second-order valence-corrected chi connectivity index (χ2v) is 7.05. The summed E-state index contributed by atoms with van der Waals surface area (Å²) in [6, 6.07) is 19.2. The lowest BCUT2D eigenvalue weighted by atomic mass is 9.92. The first kappa shape index (κ1) is 16.5. The summed E-state index contributed by atoms with van der Waals surface area (Å²) in [5.41, 5.74) is 0.348. The molecule has 1 atom stereocenters. The van der Waals surface area contributed by atoms with E-state index in [-0.39, 0.29) is 5.91 Å². The van der Waals surface area contributed by atoms with Crippen molar-refractivity contribution in [2.24, 2.45) is 0 Å². The number of anilines is 1. The highest BCUT2D eigenvalue weighted by Crippen LogP contribution is 2.39. The predicted molar refractivity (Wildman–Crippen MR) is 94.9 cm³/mol. The Morgan fingerprint density at radius 2 is 1.58 bits per heavy atom. The van der Waals surface area contributed by atoms with E-state index in [4.69, 9.17) is 0 Å². The quantitative estimate of drug-likeness (QED) is 0.870. The molecule has 1 saturated heterocycles. The second-order valence-electron chi connectivity index (χ2n) is 7.05. The van der Waals surface area contributed by atoms with Gasteiger partial charge in [-0.05, 0) is 44.9 Å². The molecule has 0 aliphatic carbocycles. The average Bonchev–Trinajstić information content (AvgIpc) is 2.93. The van der Waals surface area contributed by atoms with Gasteiger partial charge in [-0.2, -0.15) is 0 Å². The number of carbonyl (C=O) groups is 1. The van der Waals surface area contributed by atoms with Gasteiger partial charge in [-0.15, -0.1) is 0 Å². The van der Waals surface area contributed by atoms with Gasteiger partial charge in [-0.3, -0.25) is 10.0 Å². The molecule has 126 valence electrons. The standard InChI is InChI=1S/C20H24N2O2/c1-19(2,16-10-6-4-7-11-16)21-15-14-20(3,18(21)23)22(24)17-12-8-5-9-13-17/h4-13,24H,14-15H2,1-3H3. The van der Waals surface area contributed by atoms with Gasteiger partial charge in [0, 0.05) is 6.54 Å². The largest absolute Gasteiger partial charge is 0.331 e. The van der Waals surface area contributed by atoms with E-state index in [0.29, 0.717) is 18.7 Å². The van der Waals surface area contributed by atoms with Gasteiger partial charge in [-0.25, -0.2) is 5.06 Å². The molecule has 3 rings (SSSR count). The fraction of sp³-hybridized carbons (Fsp3) is 0.350. The van der Waals surface area contributed by atoms with E-state index in [1.165, 1.54) is 0 Å². The Labute approximate surface area is 143 Å². The molecule has 0 spiro atoms. The molecular formula is C20H24N2O2. The molecule has 1 aliphatic heterocycles. The molecule has 0 bridgehead atoms. The van der Waals surface area contributed by atoms with Crippen molar-refractivity contribution in [1.29, 1.82) is 0 Å². The lowest BCUT2D eigenvalue weighted by molar-refractivity contribution is -0.138. The molecule has 2 aromatic rings. The van der Waals surface area contributed by atoms with Crippen LogP contribution in [0.5, 0.6) is 0 Å². The van der Waals surface area contributed by atoms with Crippen LogP contribution in [0.4, 0.5) is 5.69 Å². The van der Waals surface area contributed by atoms with Crippen molar-refractivity contribution in [3.63, 3.8) is 0 Å². The molecule has 1 heterocycles. The molecule has 0 aromatic heterocycles. The van der Waals surface area contributed by atoms with E-state index in [2.05, 4.69) is 13.8 Å². The topological polar surface area (TPSA) is 43.8 Å². The van der Waals surface area contributed by atoms with Crippen molar-refractivity contribution >= 4 is 11.6 Å². The lowest BCUT2D eigenvalue weighted by Crippen LogP contribution is -2.54. The molecule has 1 N–H and O–H groups in total. The monoisotopic (exact) mass is 324 g/mol. The van der Waals surface area contributed by atoms with Crippen molar-refractivity contribution in [1.82, 2.24) is 4.90 Å². The number of hydroxylamine groups is 1. The lowest BCUT2D eigenvalue weighted by Gasteiger charge is -2.39. The van der Waals surface area contributed by atoms with Crippen molar-refractivity contribution < 1.29 is 10.0 Å². The van der Waals surface area contributed by atoms with Gasteiger partial charge in [-0.1, -0.05) is 48.5 Å². The van der Waals surface area contributed by atoms with Gasteiger partial charge in [0.25, 0.3) is 5.91 Å². The summed E-state index contributed by atoms with van der Waals surface area (Å²) in [5, 5.41) is 11.8. The Kier molecular flexibility index (Phi) is 4.10. The smallest absolute Gasteiger partial charge is 0.251 e. The molecule has 1 fully saturated rings. The fourth-order valence-electron chi connectivity index (χ4n) is 3.41. The maximum atomic E-state index is 13.2. The number of carbonyl (C=O) groups excluding carboxylic acids is 1. The zero-order chi connectivity index (χ0) is 17.4. The average molecular weight is 324 g/mol. The van der Waals surface area contributed by atoms with Crippen LogP contribution >= 0.6 is 0 Å². The van der Waals surface area contributed by atoms with Crippen LogP contribution < -0.4 is 5.06 Å². The third kappa shape index (κ3) is 2.57. The number of nitrogens with zero attached hydrogens (tertiary/aromatic N) is 2. The molecule has 0 saturated carbocycles. The molecule has 4 heteroatoms. The van der Waals surface area contributed by atoms with E-state index < -0.39 is 11.1 Å². The number of likely N-dealkylation sites (tertiary alicyclic amines) is 1. The highest BCUT2D eigenvalue weighted by Gasteiger charge is 2.51. The molecule has 2 aromatic carbocycles. The predicted octanol–water partition coefficient (Wildman–Crippen LogP) is 3.81. The van der Waals surface area contributed by atoms with Gasteiger partial charge in [0.15, 0.2) is 0 Å². The van der Waals surface area contributed by atoms with Crippen LogP contribution in [0.3, 0.4) is 0 Å². The minimum atomic E-state index is -0.951. The number of para-hydroxylation sites is 1. The first-order valence-corrected chi connectivity index (χ1v) is 8.29. The maximum Gasteiger partial charge on any atom is 0.251 e. The van der Waals surface area contributed by atoms with Gasteiger partial charge < -0.3 is 4.90 Å².